The van der Waals surface area contributed by atoms with Crippen LogP contribution in [-0.4, -0.2) is 25.0 Å². The van der Waals surface area contributed by atoms with E-state index < -0.39 is 11.4 Å². The molecular formula is C17H16O5. The fourth-order valence-corrected chi connectivity index (χ4v) is 2.52. The number of hydrogen-bond donors (Lipinski definition) is 1. The smallest absolute Gasteiger partial charge is 0.317 e. The Morgan fingerprint density at radius 3 is 2.95 bits per heavy atom. The van der Waals surface area contributed by atoms with E-state index in [-0.39, 0.29) is 13.2 Å². The summed E-state index contributed by atoms with van der Waals surface area (Å²) in [5, 5.41) is 9.66. The van der Waals surface area contributed by atoms with Gasteiger partial charge in [0.15, 0.2) is 5.76 Å². The summed E-state index contributed by atoms with van der Waals surface area (Å²) >= 11 is 0. The first-order valence-corrected chi connectivity index (χ1v) is 6.88. The molecule has 0 bridgehead atoms. The van der Waals surface area contributed by atoms with E-state index in [0.717, 1.165) is 5.56 Å². The normalized spacial score (nSPS) is 23.1. The lowest BCUT2D eigenvalue weighted by Crippen LogP contribution is -2.29. The first-order chi connectivity index (χ1) is 10.6. The number of rotatable bonds is 4. The summed E-state index contributed by atoms with van der Waals surface area (Å²) in [6, 6.07) is 7.45. The number of carbonyl (C=O) groups is 1. The molecule has 1 atom stereocenters. The van der Waals surface area contributed by atoms with Crippen LogP contribution in [0.5, 0.6) is 5.75 Å². The number of benzene rings is 1. The van der Waals surface area contributed by atoms with Gasteiger partial charge in [0, 0.05) is 12.0 Å². The molecule has 0 aromatic heterocycles. The summed E-state index contributed by atoms with van der Waals surface area (Å²) in [6.07, 6.45) is 6.95. The number of para-hydroxylation sites is 1. The monoisotopic (exact) mass is 300 g/mol. The molecule has 0 saturated carbocycles. The van der Waals surface area contributed by atoms with Gasteiger partial charge < -0.3 is 19.3 Å². The van der Waals surface area contributed by atoms with Crippen LogP contribution in [0.25, 0.3) is 6.08 Å². The zero-order chi connectivity index (χ0) is 15.6. The van der Waals surface area contributed by atoms with E-state index in [9.17, 15) is 9.90 Å². The molecule has 1 aliphatic heterocycles. The number of carboxylic acid groups (broad SMARTS) is 1. The second-order valence-corrected chi connectivity index (χ2v) is 5.12. The van der Waals surface area contributed by atoms with Crippen molar-refractivity contribution in [1.82, 2.24) is 0 Å². The lowest BCUT2D eigenvalue weighted by atomic mass is 9.79. The van der Waals surface area contributed by atoms with E-state index in [4.69, 9.17) is 14.2 Å². The van der Waals surface area contributed by atoms with Crippen molar-refractivity contribution in [1.29, 1.82) is 0 Å². The lowest BCUT2D eigenvalue weighted by molar-refractivity contribution is -0.143. The zero-order valence-corrected chi connectivity index (χ0v) is 12.1. The molecule has 1 aromatic carbocycles. The first kappa shape index (κ1) is 14.3. The van der Waals surface area contributed by atoms with Crippen molar-refractivity contribution < 1.29 is 24.1 Å². The minimum atomic E-state index is -1.15. The van der Waals surface area contributed by atoms with E-state index in [1.807, 2.05) is 24.3 Å². The lowest BCUT2D eigenvalue weighted by Gasteiger charge is -2.24. The van der Waals surface area contributed by atoms with Gasteiger partial charge in [-0.1, -0.05) is 36.4 Å². The number of allylic oxidation sites excluding steroid dienone is 2. The molecule has 0 radical (unpaired) electrons. The maximum Gasteiger partial charge on any atom is 0.317 e. The van der Waals surface area contributed by atoms with Crippen LogP contribution >= 0.6 is 0 Å². The number of methoxy groups -OCH3 is 1. The Hall–Kier alpha value is -2.69. The van der Waals surface area contributed by atoms with Crippen molar-refractivity contribution in [3.63, 3.8) is 0 Å². The molecule has 1 N–H and O–H groups in total. The molecule has 5 heteroatoms. The fourth-order valence-electron chi connectivity index (χ4n) is 2.52. The molecule has 1 unspecified atom stereocenters. The van der Waals surface area contributed by atoms with E-state index in [0.29, 0.717) is 17.3 Å². The fraction of sp³-hybridized carbons (Fsp3) is 0.235. The summed E-state index contributed by atoms with van der Waals surface area (Å²) in [5.74, 6) is 0.952. The van der Waals surface area contributed by atoms with Crippen LogP contribution in [0, 0.1) is 5.41 Å². The molecule has 22 heavy (non-hydrogen) atoms. The third-order valence-electron chi connectivity index (χ3n) is 3.80. The summed E-state index contributed by atoms with van der Waals surface area (Å²) in [4.78, 5) is 11.8. The molecule has 0 spiro atoms. The highest BCUT2D eigenvalue weighted by molar-refractivity contribution is 5.82. The molecule has 0 amide bonds. The molecular weight excluding hydrogens is 284 g/mol. The van der Waals surface area contributed by atoms with Crippen molar-refractivity contribution in [3.05, 3.63) is 59.6 Å². The minimum Gasteiger partial charge on any atom is -0.496 e. The van der Waals surface area contributed by atoms with Gasteiger partial charge in [0.1, 0.15) is 16.9 Å². The summed E-state index contributed by atoms with van der Waals surface area (Å²) in [7, 11) is 1.58. The van der Waals surface area contributed by atoms with Gasteiger partial charge in [0.2, 0.25) is 6.79 Å². The van der Waals surface area contributed by atoms with Gasteiger partial charge in [-0.05, 0) is 12.1 Å². The number of carboxylic acids is 1. The van der Waals surface area contributed by atoms with E-state index in [1.54, 1.807) is 31.4 Å². The second-order valence-electron chi connectivity index (χ2n) is 5.12. The highest BCUT2D eigenvalue weighted by Gasteiger charge is 2.40. The third kappa shape index (κ3) is 2.45. The maximum atomic E-state index is 11.8. The molecule has 5 nitrogen and oxygen atoms in total. The van der Waals surface area contributed by atoms with Gasteiger partial charge in [0.05, 0.1) is 7.11 Å². The van der Waals surface area contributed by atoms with E-state index >= 15 is 0 Å². The molecule has 1 aliphatic carbocycles. The molecule has 1 aromatic rings. The van der Waals surface area contributed by atoms with Crippen LogP contribution in [0.2, 0.25) is 0 Å². The zero-order valence-electron chi connectivity index (χ0n) is 12.1. The Kier molecular flexibility index (Phi) is 3.63. The minimum absolute atomic E-state index is 0.140. The van der Waals surface area contributed by atoms with E-state index in [1.165, 1.54) is 0 Å². The van der Waals surface area contributed by atoms with Crippen LogP contribution in [-0.2, 0) is 14.3 Å². The van der Waals surface area contributed by atoms with Crippen LogP contribution in [0.15, 0.2) is 54.0 Å². The Morgan fingerprint density at radius 2 is 2.18 bits per heavy atom. The van der Waals surface area contributed by atoms with Crippen LogP contribution in [0.4, 0.5) is 0 Å². The molecule has 0 saturated heterocycles. The highest BCUT2D eigenvalue weighted by Crippen LogP contribution is 2.39. The van der Waals surface area contributed by atoms with Gasteiger partial charge in [-0.15, -0.1) is 0 Å². The quantitative estimate of drug-likeness (QED) is 0.926. The van der Waals surface area contributed by atoms with Gasteiger partial charge in [0.25, 0.3) is 0 Å². The molecule has 2 aliphatic rings. The van der Waals surface area contributed by atoms with Crippen molar-refractivity contribution in [2.45, 2.75) is 6.42 Å². The summed E-state index contributed by atoms with van der Waals surface area (Å²) < 4.78 is 15.9. The highest BCUT2D eigenvalue weighted by atomic mass is 16.7. The molecule has 3 rings (SSSR count). The van der Waals surface area contributed by atoms with Crippen LogP contribution in [0.3, 0.4) is 0 Å². The topological polar surface area (TPSA) is 65.0 Å². The number of hydrogen-bond acceptors (Lipinski definition) is 4. The third-order valence-corrected chi connectivity index (χ3v) is 3.80. The molecule has 114 valence electrons. The Labute approximate surface area is 128 Å². The van der Waals surface area contributed by atoms with Gasteiger partial charge in [-0.2, -0.15) is 0 Å². The Morgan fingerprint density at radius 1 is 1.36 bits per heavy atom. The van der Waals surface area contributed by atoms with Gasteiger partial charge >= 0.3 is 5.97 Å². The average molecular weight is 300 g/mol. The Balaban J connectivity index is 1.92. The SMILES string of the molecule is COc1ccccc1C=CC1(C(=O)O)C=CC2=C(C1)OCO2. The maximum absolute atomic E-state index is 11.8. The second kappa shape index (κ2) is 5.60. The predicted molar refractivity (Wildman–Crippen MR) is 79.9 cm³/mol. The average Bonchev–Trinajstić information content (AvgIpc) is 3.00. The Bertz CT molecular complexity index is 686. The number of ether oxygens (including phenoxy) is 3. The van der Waals surface area contributed by atoms with Gasteiger partial charge in [-0.3, -0.25) is 4.79 Å². The van der Waals surface area contributed by atoms with Crippen molar-refractivity contribution in [3.8, 4) is 5.75 Å². The summed E-state index contributed by atoms with van der Waals surface area (Å²) in [5.41, 5.74) is -0.324. The molecule has 0 fully saturated rings. The number of aliphatic carboxylic acids is 1. The van der Waals surface area contributed by atoms with Crippen molar-refractivity contribution >= 4 is 12.0 Å². The van der Waals surface area contributed by atoms with Crippen LogP contribution in [0.1, 0.15) is 12.0 Å². The van der Waals surface area contributed by atoms with Crippen molar-refractivity contribution in [2.75, 3.05) is 13.9 Å². The summed E-state index contributed by atoms with van der Waals surface area (Å²) in [6.45, 7) is 0.140. The van der Waals surface area contributed by atoms with E-state index in [2.05, 4.69) is 0 Å². The molecule has 1 heterocycles. The van der Waals surface area contributed by atoms with Crippen molar-refractivity contribution in [2.24, 2.45) is 5.41 Å². The van der Waals surface area contributed by atoms with Crippen LogP contribution < -0.4 is 4.74 Å². The first-order valence-electron chi connectivity index (χ1n) is 6.88. The predicted octanol–water partition coefficient (Wildman–Crippen LogP) is 2.96. The van der Waals surface area contributed by atoms with Gasteiger partial charge in [-0.25, -0.2) is 0 Å². The largest absolute Gasteiger partial charge is 0.496 e. The standard InChI is InChI=1S/C17H16O5/c1-20-13-5-3-2-4-12(13)6-8-17(16(18)19)9-7-14-15(10-17)22-11-21-14/h2-9H,10-11H2,1H3,(H,18,19).